The lowest BCUT2D eigenvalue weighted by molar-refractivity contribution is 0.0999. The maximum atomic E-state index is 10.4. The number of para-hydroxylation sites is 1. The molecule has 92 valence electrons. The Morgan fingerprint density at radius 1 is 1.22 bits per heavy atom. The molecule has 0 aliphatic rings. The van der Waals surface area contributed by atoms with Gasteiger partial charge in [0.25, 0.3) is 0 Å². The van der Waals surface area contributed by atoms with Crippen LogP contribution in [0.1, 0.15) is 20.7 Å². The van der Waals surface area contributed by atoms with Crippen LogP contribution >= 0.6 is 0 Å². The van der Waals surface area contributed by atoms with E-state index >= 15 is 0 Å². The van der Waals surface area contributed by atoms with Gasteiger partial charge in [0, 0.05) is 12.4 Å². The predicted molar refractivity (Wildman–Crippen MR) is 66.2 cm³/mol. The Bertz CT molecular complexity index is 527. The van der Waals surface area contributed by atoms with Crippen molar-refractivity contribution in [3.05, 3.63) is 59.9 Å². The van der Waals surface area contributed by atoms with Crippen LogP contribution in [0.2, 0.25) is 0 Å². The van der Waals surface area contributed by atoms with Crippen LogP contribution in [0.25, 0.3) is 0 Å². The fourth-order valence-corrected chi connectivity index (χ4v) is 1.10. The number of pyridine rings is 1. The first-order chi connectivity index (χ1) is 8.65. The average molecular weight is 244 g/mol. The fraction of sp³-hybridized carbons (Fsp3) is 0. The predicted octanol–water partition coefficient (Wildman–Crippen LogP) is 1.39. The molecule has 0 unspecified atom stereocenters. The Hall–Kier alpha value is -2.69. The molecule has 0 bridgehead atoms. The van der Waals surface area contributed by atoms with Crippen molar-refractivity contribution in [1.82, 2.24) is 4.98 Å². The van der Waals surface area contributed by atoms with Crippen LogP contribution in [0.4, 0.5) is 0 Å². The zero-order chi connectivity index (χ0) is 13.4. The van der Waals surface area contributed by atoms with Crippen molar-refractivity contribution in [2.75, 3.05) is 0 Å². The molecule has 0 aliphatic heterocycles. The summed E-state index contributed by atoms with van der Waals surface area (Å²) in [5.74, 6) is -0.407. The van der Waals surface area contributed by atoms with Crippen molar-refractivity contribution in [3.8, 4) is 5.75 Å². The third-order valence-electron chi connectivity index (χ3n) is 2.01. The zero-order valence-electron chi connectivity index (χ0n) is 9.48. The molecule has 1 heterocycles. The van der Waals surface area contributed by atoms with E-state index in [1.807, 2.05) is 0 Å². The highest BCUT2D eigenvalue weighted by atomic mass is 16.3. The molecule has 18 heavy (non-hydrogen) atoms. The van der Waals surface area contributed by atoms with Crippen molar-refractivity contribution in [2.24, 2.45) is 5.73 Å². The number of hydrogen-bond acceptors (Lipinski definition) is 4. The lowest BCUT2D eigenvalue weighted by atomic mass is 10.2. The summed E-state index contributed by atoms with van der Waals surface area (Å²) in [7, 11) is 0. The maximum absolute atomic E-state index is 10.4. The molecular formula is C13H12N2O3. The number of nitrogens with two attached hydrogens (primary N) is 1. The van der Waals surface area contributed by atoms with Gasteiger partial charge in [-0.3, -0.25) is 14.6 Å². The lowest BCUT2D eigenvalue weighted by Crippen LogP contribution is -2.10. The van der Waals surface area contributed by atoms with E-state index in [0.717, 1.165) is 0 Å². The topological polar surface area (TPSA) is 93.3 Å². The first kappa shape index (κ1) is 13.4. The average Bonchev–Trinajstić information content (AvgIpc) is 2.41. The number of aldehydes is 1. The summed E-state index contributed by atoms with van der Waals surface area (Å²) in [6.45, 7) is 0. The number of phenols is 1. The minimum atomic E-state index is -0.442. The van der Waals surface area contributed by atoms with Crippen molar-refractivity contribution in [2.45, 2.75) is 0 Å². The van der Waals surface area contributed by atoms with Gasteiger partial charge in [0.2, 0.25) is 5.91 Å². The minimum absolute atomic E-state index is 0.0347. The molecule has 1 aromatic heterocycles. The SMILES string of the molecule is NC(=O)c1cccnc1.O=Cc1ccccc1O. The highest BCUT2D eigenvalue weighted by molar-refractivity contribution is 5.92. The first-order valence-corrected chi connectivity index (χ1v) is 5.08. The summed E-state index contributed by atoms with van der Waals surface area (Å²) >= 11 is 0. The standard InChI is InChI=1S/C7H6O2.C6H6N2O/c8-5-6-3-1-2-4-7(6)9;7-6(9)5-2-1-3-8-4-5/h1-5,9H;1-4H,(H2,7,9). The number of benzene rings is 1. The van der Waals surface area contributed by atoms with E-state index in [1.165, 1.54) is 12.3 Å². The number of primary amides is 1. The second kappa shape index (κ2) is 6.80. The monoisotopic (exact) mass is 244 g/mol. The van der Waals surface area contributed by atoms with E-state index in [-0.39, 0.29) is 5.75 Å². The van der Waals surface area contributed by atoms with Gasteiger partial charge >= 0.3 is 0 Å². The number of aromatic nitrogens is 1. The third-order valence-corrected chi connectivity index (χ3v) is 2.01. The van der Waals surface area contributed by atoms with Crippen molar-refractivity contribution < 1.29 is 14.7 Å². The Morgan fingerprint density at radius 3 is 2.33 bits per heavy atom. The zero-order valence-corrected chi connectivity index (χ0v) is 9.48. The summed E-state index contributed by atoms with van der Waals surface area (Å²) in [6, 6.07) is 9.69. The Labute approximate surface area is 104 Å². The number of carbonyl (C=O) groups excluding carboxylic acids is 2. The van der Waals surface area contributed by atoms with Gasteiger partial charge in [-0.2, -0.15) is 0 Å². The third kappa shape index (κ3) is 4.05. The van der Waals surface area contributed by atoms with Gasteiger partial charge in [-0.05, 0) is 24.3 Å². The highest BCUT2D eigenvalue weighted by Gasteiger charge is 1.95. The van der Waals surface area contributed by atoms with E-state index < -0.39 is 5.91 Å². The van der Waals surface area contributed by atoms with Gasteiger partial charge in [0.05, 0.1) is 11.1 Å². The van der Waals surface area contributed by atoms with Gasteiger partial charge in [0.1, 0.15) is 5.75 Å². The van der Waals surface area contributed by atoms with Crippen LogP contribution in [0.15, 0.2) is 48.8 Å². The number of aromatic hydroxyl groups is 1. The molecule has 5 heteroatoms. The number of rotatable bonds is 2. The molecule has 0 spiro atoms. The normalized spacial score (nSPS) is 8.89. The quantitative estimate of drug-likeness (QED) is 0.780. The number of phenolic OH excluding ortho intramolecular Hbond substituents is 1. The smallest absolute Gasteiger partial charge is 0.250 e. The Balaban J connectivity index is 0.000000180. The molecule has 2 rings (SSSR count). The second-order valence-corrected chi connectivity index (χ2v) is 3.28. The molecular weight excluding hydrogens is 232 g/mol. The van der Waals surface area contributed by atoms with Crippen molar-refractivity contribution >= 4 is 12.2 Å². The Kier molecular flexibility index (Phi) is 5.05. The van der Waals surface area contributed by atoms with Crippen molar-refractivity contribution in [3.63, 3.8) is 0 Å². The molecule has 5 nitrogen and oxygen atoms in total. The summed E-state index contributed by atoms with van der Waals surface area (Å²) in [6.07, 6.45) is 3.64. The van der Waals surface area contributed by atoms with E-state index in [9.17, 15) is 9.59 Å². The van der Waals surface area contributed by atoms with Crippen LogP contribution in [0.3, 0.4) is 0 Å². The molecule has 1 amide bonds. The van der Waals surface area contributed by atoms with Crippen LogP contribution in [-0.4, -0.2) is 22.3 Å². The van der Waals surface area contributed by atoms with E-state index in [0.29, 0.717) is 17.4 Å². The van der Waals surface area contributed by atoms with Crippen LogP contribution in [-0.2, 0) is 0 Å². The second-order valence-electron chi connectivity index (χ2n) is 3.28. The summed E-state index contributed by atoms with van der Waals surface area (Å²) < 4.78 is 0. The summed E-state index contributed by atoms with van der Waals surface area (Å²) in [5, 5.41) is 8.88. The first-order valence-electron chi connectivity index (χ1n) is 5.08. The molecule has 0 saturated heterocycles. The van der Waals surface area contributed by atoms with Gasteiger partial charge in [-0.1, -0.05) is 12.1 Å². The van der Waals surface area contributed by atoms with Gasteiger partial charge in [0.15, 0.2) is 6.29 Å². The van der Waals surface area contributed by atoms with E-state index in [4.69, 9.17) is 10.8 Å². The van der Waals surface area contributed by atoms with Crippen LogP contribution in [0.5, 0.6) is 5.75 Å². The summed E-state index contributed by atoms with van der Waals surface area (Å²) in [5.41, 5.74) is 5.71. The van der Waals surface area contributed by atoms with E-state index in [2.05, 4.69) is 4.98 Å². The van der Waals surface area contributed by atoms with Crippen molar-refractivity contribution in [1.29, 1.82) is 0 Å². The summed E-state index contributed by atoms with van der Waals surface area (Å²) in [4.78, 5) is 24.2. The Morgan fingerprint density at radius 2 is 1.94 bits per heavy atom. The van der Waals surface area contributed by atoms with Gasteiger partial charge < -0.3 is 10.8 Å². The molecule has 0 atom stereocenters. The van der Waals surface area contributed by atoms with Gasteiger partial charge in [-0.25, -0.2) is 0 Å². The largest absolute Gasteiger partial charge is 0.507 e. The molecule has 1 aromatic carbocycles. The number of amides is 1. The highest BCUT2D eigenvalue weighted by Crippen LogP contribution is 2.11. The molecule has 3 N–H and O–H groups in total. The minimum Gasteiger partial charge on any atom is -0.507 e. The van der Waals surface area contributed by atoms with E-state index in [1.54, 1.807) is 36.5 Å². The molecule has 0 radical (unpaired) electrons. The lowest BCUT2D eigenvalue weighted by Gasteiger charge is -1.91. The maximum Gasteiger partial charge on any atom is 0.250 e. The number of hydrogen-bond donors (Lipinski definition) is 2. The fourth-order valence-electron chi connectivity index (χ4n) is 1.10. The molecule has 0 saturated carbocycles. The number of nitrogens with zero attached hydrogens (tertiary/aromatic N) is 1. The molecule has 0 fully saturated rings. The van der Waals surface area contributed by atoms with Gasteiger partial charge in [-0.15, -0.1) is 0 Å². The molecule has 2 aromatic rings. The van der Waals surface area contributed by atoms with Crippen LogP contribution < -0.4 is 5.73 Å². The number of carbonyl (C=O) groups is 2. The van der Waals surface area contributed by atoms with Crippen LogP contribution in [0, 0.1) is 0 Å². The molecule has 0 aliphatic carbocycles.